The van der Waals surface area contributed by atoms with Crippen LogP contribution in [0.4, 0.5) is 0 Å². The number of nitrogens with one attached hydrogen (secondary N) is 2. The fourth-order valence-electron chi connectivity index (χ4n) is 3.10. The van der Waals surface area contributed by atoms with Crippen LogP contribution in [0.15, 0.2) is 24.5 Å². The van der Waals surface area contributed by atoms with Gasteiger partial charge < -0.3 is 10.1 Å². The van der Waals surface area contributed by atoms with Gasteiger partial charge in [-0.3, -0.25) is 10.1 Å². The smallest absolute Gasteiger partial charge is 0.181 e. The minimum atomic E-state index is -0.183. The molecular formula is C16H23N5O. The van der Waals surface area contributed by atoms with Crippen molar-refractivity contribution in [2.45, 2.75) is 57.9 Å². The minimum absolute atomic E-state index is 0.0925. The summed E-state index contributed by atoms with van der Waals surface area (Å²) in [6.45, 7) is 9.16. The summed E-state index contributed by atoms with van der Waals surface area (Å²) in [6.07, 6.45) is 4.46. The summed E-state index contributed by atoms with van der Waals surface area (Å²) < 4.78 is 6.10. The molecule has 6 heteroatoms. The molecule has 0 aromatic carbocycles. The monoisotopic (exact) mass is 301 g/mol. The van der Waals surface area contributed by atoms with Crippen LogP contribution in [0, 0.1) is 0 Å². The fourth-order valence-corrected chi connectivity index (χ4v) is 3.10. The van der Waals surface area contributed by atoms with Crippen molar-refractivity contribution in [1.29, 1.82) is 0 Å². The van der Waals surface area contributed by atoms with E-state index in [1.807, 2.05) is 12.1 Å². The Morgan fingerprint density at radius 1 is 1.27 bits per heavy atom. The number of nitrogens with zero attached hydrogens (tertiary/aromatic N) is 3. The standard InChI is InChI=1S/C16H23N5O/c1-15(2)9-12(16(3,4)22-15)18-10-13-19-14(21-20-13)11-5-7-17-8-6-11/h5-8,12,18H,9-10H2,1-4H3,(H,19,20,21). The number of aromatic amines is 1. The Bertz CT molecular complexity index is 635. The van der Waals surface area contributed by atoms with E-state index in [0.29, 0.717) is 12.4 Å². The van der Waals surface area contributed by atoms with Gasteiger partial charge in [0, 0.05) is 24.0 Å². The predicted octanol–water partition coefficient (Wildman–Crippen LogP) is 2.30. The molecule has 0 radical (unpaired) electrons. The predicted molar refractivity (Wildman–Crippen MR) is 84.1 cm³/mol. The first-order valence-corrected chi connectivity index (χ1v) is 7.61. The van der Waals surface area contributed by atoms with E-state index < -0.39 is 0 Å². The zero-order valence-electron chi connectivity index (χ0n) is 13.6. The van der Waals surface area contributed by atoms with E-state index in [1.54, 1.807) is 12.4 Å². The van der Waals surface area contributed by atoms with Gasteiger partial charge in [-0.15, -0.1) is 0 Å². The Labute approximate surface area is 130 Å². The summed E-state index contributed by atoms with van der Waals surface area (Å²) in [7, 11) is 0. The third-order valence-electron chi connectivity index (χ3n) is 4.06. The third kappa shape index (κ3) is 3.18. The van der Waals surface area contributed by atoms with Gasteiger partial charge in [0.05, 0.1) is 17.7 Å². The van der Waals surface area contributed by atoms with Crippen LogP contribution in [0.25, 0.3) is 11.4 Å². The fraction of sp³-hybridized carbons (Fsp3) is 0.562. The summed E-state index contributed by atoms with van der Waals surface area (Å²) in [4.78, 5) is 8.53. The Hall–Kier alpha value is -1.79. The highest BCUT2D eigenvalue weighted by Gasteiger charge is 2.45. The lowest BCUT2D eigenvalue weighted by Crippen LogP contribution is -2.43. The first-order valence-electron chi connectivity index (χ1n) is 7.61. The Morgan fingerprint density at radius 3 is 2.64 bits per heavy atom. The van der Waals surface area contributed by atoms with Crippen molar-refractivity contribution in [3.05, 3.63) is 30.4 Å². The number of aromatic nitrogens is 4. The van der Waals surface area contributed by atoms with Crippen LogP contribution in [0.2, 0.25) is 0 Å². The van der Waals surface area contributed by atoms with E-state index in [9.17, 15) is 0 Å². The van der Waals surface area contributed by atoms with Crippen molar-refractivity contribution in [2.24, 2.45) is 0 Å². The highest BCUT2D eigenvalue weighted by molar-refractivity contribution is 5.52. The molecule has 0 spiro atoms. The van der Waals surface area contributed by atoms with Crippen LogP contribution in [0.5, 0.6) is 0 Å². The molecule has 22 heavy (non-hydrogen) atoms. The molecule has 3 rings (SSSR count). The van der Waals surface area contributed by atoms with Gasteiger partial charge in [0.1, 0.15) is 5.82 Å². The number of rotatable bonds is 4. The van der Waals surface area contributed by atoms with Crippen molar-refractivity contribution in [3.8, 4) is 11.4 Å². The number of pyridine rings is 1. The molecule has 2 aromatic heterocycles. The summed E-state index contributed by atoms with van der Waals surface area (Å²) >= 11 is 0. The lowest BCUT2D eigenvalue weighted by molar-refractivity contribution is -0.0699. The van der Waals surface area contributed by atoms with Gasteiger partial charge in [-0.05, 0) is 46.2 Å². The molecule has 1 aliphatic heterocycles. The summed E-state index contributed by atoms with van der Waals surface area (Å²) in [5.74, 6) is 1.52. The topological polar surface area (TPSA) is 75.7 Å². The SMILES string of the molecule is CC1(C)CC(NCc2nc(-c3ccncc3)n[nH]2)C(C)(C)O1. The number of hydrogen-bond donors (Lipinski definition) is 2. The maximum absolute atomic E-state index is 6.10. The maximum Gasteiger partial charge on any atom is 0.181 e. The molecule has 2 N–H and O–H groups in total. The number of hydrogen-bond acceptors (Lipinski definition) is 5. The van der Waals surface area contributed by atoms with Gasteiger partial charge in [0.25, 0.3) is 0 Å². The molecule has 2 aromatic rings. The zero-order valence-corrected chi connectivity index (χ0v) is 13.6. The van der Waals surface area contributed by atoms with Crippen molar-refractivity contribution in [1.82, 2.24) is 25.5 Å². The molecule has 0 amide bonds. The molecule has 3 heterocycles. The Morgan fingerprint density at radius 2 is 2.00 bits per heavy atom. The van der Waals surface area contributed by atoms with Gasteiger partial charge in [-0.1, -0.05) is 0 Å². The van der Waals surface area contributed by atoms with Gasteiger partial charge in [0.15, 0.2) is 5.82 Å². The largest absolute Gasteiger partial charge is 0.368 e. The van der Waals surface area contributed by atoms with E-state index in [2.05, 4.69) is 53.2 Å². The molecule has 0 bridgehead atoms. The second-order valence-electron chi connectivity index (χ2n) is 6.94. The van der Waals surface area contributed by atoms with Crippen molar-refractivity contribution in [2.75, 3.05) is 0 Å². The first-order chi connectivity index (χ1) is 10.4. The highest BCUT2D eigenvalue weighted by atomic mass is 16.5. The minimum Gasteiger partial charge on any atom is -0.368 e. The average molecular weight is 301 g/mol. The number of H-pyrrole nitrogens is 1. The summed E-state index contributed by atoms with van der Waals surface area (Å²) in [5, 5.41) is 10.8. The molecule has 1 atom stereocenters. The molecule has 118 valence electrons. The van der Waals surface area contributed by atoms with Gasteiger partial charge >= 0.3 is 0 Å². The van der Waals surface area contributed by atoms with Crippen LogP contribution in [-0.2, 0) is 11.3 Å². The van der Waals surface area contributed by atoms with Gasteiger partial charge in [0.2, 0.25) is 0 Å². The van der Waals surface area contributed by atoms with E-state index in [4.69, 9.17) is 4.74 Å². The van der Waals surface area contributed by atoms with Crippen molar-refractivity contribution >= 4 is 0 Å². The second kappa shape index (κ2) is 5.44. The lowest BCUT2D eigenvalue weighted by Gasteiger charge is -2.27. The van der Waals surface area contributed by atoms with Crippen LogP contribution >= 0.6 is 0 Å². The van der Waals surface area contributed by atoms with E-state index >= 15 is 0 Å². The van der Waals surface area contributed by atoms with Crippen LogP contribution in [0.1, 0.15) is 39.9 Å². The molecule has 1 unspecified atom stereocenters. The van der Waals surface area contributed by atoms with Crippen LogP contribution in [-0.4, -0.2) is 37.4 Å². The molecule has 1 aliphatic rings. The molecule has 1 fully saturated rings. The van der Waals surface area contributed by atoms with E-state index in [0.717, 1.165) is 17.8 Å². The number of ether oxygens (including phenoxy) is 1. The lowest BCUT2D eigenvalue weighted by atomic mass is 9.94. The average Bonchev–Trinajstić information content (AvgIpc) is 2.99. The van der Waals surface area contributed by atoms with Gasteiger partial charge in [-0.25, -0.2) is 4.98 Å². The molecule has 1 saturated heterocycles. The van der Waals surface area contributed by atoms with E-state index in [-0.39, 0.29) is 17.2 Å². The quantitative estimate of drug-likeness (QED) is 0.906. The second-order valence-corrected chi connectivity index (χ2v) is 6.94. The van der Waals surface area contributed by atoms with Gasteiger partial charge in [-0.2, -0.15) is 5.10 Å². The summed E-state index contributed by atoms with van der Waals surface area (Å²) in [5.41, 5.74) is 0.686. The molecule has 0 saturated carbocycles. The Kier molecular flexibility index (Phi) is 3.74. The van der Waals surface area contributed by atoms with Crippen molar-refractivity contribution < 1.29 is 4.74 Å². The zero-order chi connectivity index (χ0) is 15.8. The summed E-state index contributed by atoms with van der Waals surface area (Å²) in [6, 6.07) is 4.09. The molecule has 6 nitrogen and oxygen atoms in total. The third-order valence-corrected chi connectivity index (χ3v) is 4.06. The van der Waals surface area contributed by atoms with E-state index in [1.165, 1.54) is 0 Å². The van der Waals surface area contributed by atoms with Crippen molar-refractivity contribution in [3.63, 3.8) is 0 Å². The van der Waals surface area contributed by atoms with Crippen LogP contribution < -0.4 is 5.32 Å². The maximum atomic E-state index is 6.10. The van der Waals surface area contributed by atoms with Crippen LogP contribution in [0.3, 0.4) is 0 Å². The molecule has 0 aliphatic carbocycles. The first kappa shape index (κ1) is 15.1. The Balaban J connectivity index is 1.64. The molecular weight excluding hydrogens is 278 g/mol. The normalized spacial score (nSPS) is 22.8. The highest BCUT2D eigenvalue weighted by Crippen LogP contribution is 2.37.